The highest BCUT2D eigenvalue weighted by atomic mass is 32.2. The molecule has 2 heterocycles. The van der Waals surface area contributed by atoms with Gasteiger partial charge in [0.15, 0.2) is 0 Å². The van der Waals surface area contributed by atoms with Gasteiger partial charge in [-0.1, -0.05) is 0 Å². The quantitative estimate of drug-likeness (QED) is 0.556. The highest BCUT2D eigenvalue weighted by Gasteiger charge is 2.63. The van der Waals surface area contributed by atoms with E-state index in [0.29, 0.717) is 5.75 Å². The first-order valence-corrected chi connectivity index (χ1v) is 6.25. The Kier molecular flexibility index (Phi) is 2.46. The molecule has 6 heteroatoms. The molecule has 0 aromatic rings. The number of carboxylic acids is 1. The molecule has 0 radical (unpaired) electrons. The number of carbonyl (C=O) groups excluding carboxylic acids is 1. The fourth-order valence-corrected chi connectivity index (χ4v) is 4.44. The maximum atomic E-state index is 11.7. The average molecular weight is 247 g/mol. The van der Waals surface area contributed by atoms with Crippen molar-refractivity contribution in [1.82, 2.24) is 4.90 Å². The van der Waals surface area contributed by atoms with Crippen LogP contribution in [-0.4, -0.2) is 43.8 Å². The summed E-state index contributed by atoms with van der Waals surface area (Å²) in [6.07, 6.45) is 0. The SMILES string of the molecule is CC1(C)SC2[C@H](CS)C(=O)N2[C@H]1C(=O)O. The lowest BCUT2D eigenvalue weighted by Crippen LogP contribution is -2.63. The summed E-state index contributed by atoms with van der Waals surface area (Å²) in [6, 6.07) is -0.698. The summed E-state index contributed by atoms with van der Waals surface area (Å²) in [7, 11) is 0. The van der Waals surface area contributed by atoms with Crippen molar-refractivity contribution >= 4 is 36.3 Å². The zero-order chi connectivity index (χ0) is 11.4. The molecule has 2 fully saturated rings. The van der Waals surface area contributed by atoms with Gasteiger partial charge < -0.3 is 10.0 Å². The highest BCUT2D eigenvalue weighted by molar-refractivity contribution is 8.01. The van der Waals surface area contributed by atoms with Crippen molar-refractivity contribution < 1.29 is 14.7 Å². The summed E-state index contributed by atoms with van der Waals surface area (Å²) in [5, 5.41) is 9.13. The van der Waals surface area contributed by atoms with Crippen LogP contribution in [0.4, 0.5) is 0 Å². The van der Waals surface area contributed by atoms with Gasteiger partial charge >= 0.3 is 5.97 Å². The number of hydrogen-bond acceptors (Lipinski definition) is 4. The van der Waals surface area contributed by atoms with Crippen LogP contribution in [0, 0.1) is 5.92 Å². The Morgan fingerprint density at radius 1 is 1.67 bits per heavy atom. The van der Waals surface area contributed by atoms with Crippen LogP contribution in [0.25, 0.3) is 0 Å². The summed E-state index contributed by atoms with van der Waals surface area (Å²) < 4.78 is -0.413. The summed E-state index contributed by atoms with van der Waals surface area (Å²) in [6.45, 7) is 3.75. The van der Waals surface area contributed by atoms with E-state index in [-0.39, 0.29) is 17.2 Å². The number of thiol groups is 1. The average Bonchev–Trinajstić information content (AvgIpc) is 2.35. The minimum absolute atomic E-state index is 0.00565. The molecule has 2 aliphatic heterocycles. The number of β-lactam (4-membered cyclic amide) rings is 1. The van der Waals surface area contributed by atoms with Gasteiger partial charge in [0.05, 0.1) is 11.3 Å². The van der Waals surface area contributed by atoms with Crippen molar-refractivity contribution in [3.63, 3.8) is 0 Å². The molecule has 0 saturated carbocycles. The first kappa shape index (κ1) is 11.1. The lowest BCUT2D eigenvalue weighted by molar-refractivity contribution is -0.162. The van der Waals surface area contributed by atoms with Crippen LogP contribution in [0.3, 0.4) is 0 Å². The first-order chi connectivity index (χ1) is 6.90. The number of amides is 1. The second kappa shape index (κ2) is 3.31. The van der Waals surface area contributed by atoms with E-state index in [9.17, 15) is 9.59 Å². The molecule has 2 rings (SSSR count). The molecule has 0 aromatic heterocycles. The van der Waals surface area contributed by atoms with Crippen molar-refractivity contribution in [2.45, 2.75) is 30.0 Å². The normalized spacial score (nSPS) is 37.4. The standard InChI is InChI=1S/C9H13NO3S2/c1-9(2)5(8(12)13)10-6(11)4(3-14)7(10)15-9/h4-5,7,14H,3H2,1-2H3,(H,12,13)/t4-,5+,7?/m1/s1. The number of carboxylic acid groups (broad SMARTS) is 1. The molecule has 0 aromatic carbocycles. The molecule has 1 unspecified atom stereocenters. The highest BCUT2D eigenvalue weighted by Crippen LogP contribution is 2.53. The second-order valence-electron chi connectivity index (χ2n) is 4.39. The topological polar surface area (TPSA) is 57.6 Å². The summed E-state index contributed by atoms with van der Waals surface area (Å²) >= 11 is 5.68. The minimum Gasteiger partial charge on any atom is -0.480 e. The van der Waals surface area contributed by atoms with Crippen LogP contribution in [0.2, 0.25) is 0 Å². The predicted molar refractivity (Wildman–Crippen MR) is 61.1 cm³/mol. The number of fused-ring (bicyclic) bond motifs is 1. The fourth-order valence-electron chi connectivity index (χ4n) is 2.26. The van der Waals surface area contributed by atoms with Crippen molar-refractivity contribution in [2.75, 3.05) is 5.75 Å². The van der Waals surface area contributed by atoms with Crippen LogP contribution in [0.15, 0.2) is 0 Å². The molecule has 2 aliphatic rings. The molecule has 2 saturated heterocycles. The van der Waals surface area contributed by atoms with Crippen molar-refractivity contribution in [1.29, 1.82) is 0 Å². The molecule has 1 amide bonds. The smallest absolute Gasteiger partial charge is 0.327 e. The number of hydrogen-bond donors (Lipinski definition) is 2. The number of carbonyl (C=O) groups is 2. The maximum absolute atomic E-state index is 11.7. The Morgan fingerprint density at radius 3 is 2.73 bits per heavy atom. The molecule has 3 atom stereocenters. The summed E-state index contributed by atoms with van der Waals surface area (Å²) in [5.74, 6) is -0.599. The van der Waals surface area contributed by atoms with E-state index in [0.717, 1.165) is 0 Å². The zero-order valence-corrected chi connectivity index (χ0v) is 10.2. The molecule has 0 spiro atoms. The summed E-state index contributed by atoms with van der Waals surface area (Å²) in [5.41, 5.74) is 0. The molecular weight excluding hydrogens is 234 g/mol. The minimum atomic E-state index is -0.916. The third-order valence-electron chi connectivity index (χ3n) is 2.98. The lowest BCUT2D eigenvalue weighted by atomic mass is 9.93. The van der Waals surface area contributed by atoms with E-state index in [4.69, 9.17) is 5.11 Å². The van der Waals surface area contributed by atoms with Gasteiger partial charge in [-0.2, -0.15) is 12.6 Å². The molecule has 1 N–H and O–H groups in total. The zero-order valence-electron chi connectivity index (χ0n) is 8.51. The van der Waals surface area contributed by atoms with E-state index in [1.54, 1.807) is 11.8 Å². The molecular formula is C9H13NO3S2. The molecule has 84 valence electrons. The monoisotopic (exact) mass is 247 g/mol. The summed E-state index contributed by atoms with van der Waals surface area (Å²) in [4.78, 5) is 24.3. The van der Waals surface area contributed by atoms with E-state index >= 15 is 0 Å². The van der Waals surface area contributed by atoms with E-state index in [1.165, 1.54) is 4.90 Å². The number of aliphatic carboxylic acids is 1. The van der Waals surface area contributed by atoms with Gasteiger partial charge in [0.2, 0.25) is 5.91 Å². The van der Waals surface area contributed by atoms with Gasteiger partial charge in [-0.15, -0.1) is 11.8 Å². The Morgan fingerprint density at radius 2 is 2.27 bits per heavy atom. The number of nitrogens with zero attached hydrogens (tertiary/aromatic N) is 1. The van der Waals surface area contributed by atoms with E-state index in [2.05, 4.69) is 12.6 Å². The maximum Gasteiger partial charge on any atom is 0.327 e. The predicted octanol–water partition coefficient (Wildman–Crippen LogP) is 0.679. The van der Waals surface area contributed by atoms with Crippen molar-refractivity contribution in [2.24, 2.45) is 5.92 Å². The third kappa shape index (κ3) is 1.38. The van der Waals surface area contributed by atoms with Crippen molar-refractivity contribution in [3.05, 3.63) is 0 Å². The fraction of sp³-hybridized carbons (Fsp3) is 0.778. The molecule has 0 bridgehead atoms. The Bertz CT molecular complexity index is 331. The number of rotatable bonds is 2. The second-order valence-corrected chi connectivity index (χ2v) is 6.52. The largest absolute Gasteiger partial charge is 0.480 e. The van der Waals surface area contributed by atoms with Gasteiger partial charge in [-0.05, 0) is 13.8 Å². The van der Waals surface area contributed by atoms with Gasteiger partial charge in [-0.25, -0.2) is 4.79 Å². The van der Waals surface area contributed by atoms with Gasteiger partial charge in [0, 0.05) is 10.5 Å². The Balaban J connectivity index is 2.28. The van der Waals surface area contributed by atoms with E-state index in [1.807, 2.05) is 13.8 Å². The van der Waals surface area contributed by atoms with E-state index < -0.39 is 16.8 Å². The van der Waals surface area contributed by atoms with Crippen LogP contribution in [0.1, 0.15) is 13.8 Å². The van der Waals surface area contributed by atoms with Crippen LogP contribution in [0.5, 0.6) is 0 Å². The van der Waals surface area contributed by atoms with Crippen LogP contribution >= 0.6 is 24.4 Å². The van der Waals surface area contributed by atoms with Crippen LogP contribution < -0.4 is 0 Å². The molecule has 4 nitrogen and oxygen atoms in total. The van der Waals surface area contributed by atoms with Gasteiger partial charge in [0.25, 0.3) is 0 Å². The molecule has 15 heavy (non-hydrogen) atoms. The van der Waals surface area contributed by atoms with Gasteiger partial charge in [0.1, 0.15) is 6.04 Å². The number of thioether (sulfide) groups is 1. The Labute approximate surface area is 97.8 Å². The lowest BCUT2D eigenvalue weighted by Gasteiger charge is -2.43. The first-order valence-electron chi connectivity index (χ1n) is 4.74. The Hall–Kier alpha value is -0.360. The molecule has 0 aliphatic carbocycles. The van der Waals surface area contributed by atoms with Gasteiger partial charge in [-0.3, -0.25) is 4.79 Å². The van der Waals surface area contributed by atoms with Crippen LogP contribution in [-0.2, 0) is 9.59 Å². The van der Waals surface area contributed by atoms with Crippen molar-refractivity contribution in [3.8, 4) is 0 Å². The third-order valence-corrected chi connectivity index (χ3v) is 5.00.